The highest BCUT2D eigenvalue weighted by atomic mass is 32.2. The Hall–Kier alpha value is -3.13. The summed E-state index contributed by atoms with van der Waals surface area (Å²) in [6, 6.07) is 13.6. The first-order valence-electron chi connectivity index (χ1n) is 9.81. The van der Waals surface area contributed by atoms with E-state index in [0.29, 0.717) is 16.5 Å². The molecule has 1 aliphatic carbocycles. The van der Waals surface area contributed by atoms with Gasteiger partial charge < -0.3 is 10.6 Å². The lowest BCUT2D eigenvalue weighted by Gasteiger charge is -2.12. The molecule has 3 aromatic rings. The normalized spacial score (nSPS) is 13.1. The predicted octanol–water partition coefficient (Wildman–Crippen LogP) is 3.96. The van der Waals surface area contributed by atoms with Crippen LogP contribution in [0, 0.1) is 19.8 Å². The van der Waals surface area contributed by atoms with E-state index in [2.05, 4.69) is 20.8 Å². The fourth-order valence-electron chi connectivity index (χ4n) is 2.95. The molecule has 0 unspecified atom stereocenters. The lowest BCUT2D eigenvalue weighted by atomic mass is 10.1. The van der Waals surface area contributed by atoms with Gasteiger partial charge in [0.05, 0.1) is 5.75 Å². The zero-order chi connectivity index (χ0) is 21.1. The quantitative estimate of drug-likeness (QED) is 0.564. The number of amides is 2. The van der Waals surface area contributed by atoms with Gasteiger partial charge in [-0.25, -0.2) is 0 Å². The number of hydrogen-bond acceptors (Lipinski definition) is 5. The molecule has 0 spiro atoms. The molecule has 7 nitrogen and oxygen atoms in total. The second-order valence-electron chi connectivity index (χ2n) is 7.45. The van der Waals surface area contributed by atoms with E-state index in [1.54, 1.807) is 12.4 Å². The summed E-state index contributed by atoms with van der Waals surface area (Å²) in [4.78, 5) is 24.5. The van der Waals surface area contributed by atoms with Crippen molar-refractivity contribution in [3.8, 4) is 5.69 Å². The van der Waals surface area contributed by atoms with Crippen LogP contribution in [0.15, 0.2) is 53.9 Å². The highest BCUT2D eigenvalue weighted by Crippen LogP contribution is 2.31. The Balaban J connectivity index is 1.38. The Morgan fingerprint density at radius 1 is 1.10 bits per heavy atom. The van der Waals surface area contributed by atoms with Gasteiger partial charge in [-0.2, -0.15) is 0 Å². The van der Waals surface area contributed by atoms with Gasteiger partial charge in [-0.3, -0.25) is 14.2 Å². The van der Waals surface area contributed by atoms with Gasteiger partial charge in [0.2, 0.25) is 11.8 Å². The smallest absolute Gasteiger partial charge is 0.234 e. The molecule has 0 bridgehead atoms. The number of aryl methyl sites for hydroxylation is 2. The molecule has 2 amide bonds. The first kappa shape index (κ1) is 20.2. The van der Waals surface area contributed by atoms with Crippen LogP contribution in [0.1, 0.15) is 24.0 Å². The summed E-state index contributed by atoms with van der Waals surface area (Å²) in [6.07, 6.45) is 3.54. The lowest BCUT2D eigenvalue weighted by molar-refractivity contribution is -0.117. The second-order valence-corrected chi connectivity index (χ2v) is 8.39. The van der Waals surface area contributed by atoms with Crippen molar-refractivity contribution in [1.82, 2.24) is 14.8 Å². The minimum atomic E-state index is -0.146. The van der Waals surface area contributed by atoms with E-state index >= 15 is 0 Å². The monoisotopic (exact) mass is 421 g/mol. The number of aromatic nitrogens is 3. The fourth-order valence-corrected chi connectivity index (χ4v) is 3.67. The molecular formula is C22H23N5O2S. The third kappa shape index (κ3) is 4.88. The van der Waals surface area contributed by atoms with Gasteiger partial charge in [-0.15, -0.1) is 10.2 Å². The summed E-state index contributed by atoms with van der Waals surface area (Å²) in [5.41, 5.74) is 4.43. The average molecular weight is 422 g/mol. The Labute approximate surface area is 179 Å². The van der Waals surface area contributed by atoms with E-state index in [-0.39, 0.29) is 23.5 Å². The minimum absolute atomic E-state index is 0.0436. The lowest BCUT2D eigenvalue weighted by Crippen LogP contribution is -2.17. The summed E-state index contributed by atoms with van der Waals surface area (Å²) in [5, 5.41) is 14.6. The minimum Gasteiger partial charge on any atom is -0.326 e. The molecule has 0 saturated heterocycles. The highest BCUT2D eigenvalue weighted by molar-refractivity contribution is 7.99. The number of anilines is 2. The van der Waals surface area contributed by atoms with Gasteiger partial charge in [-0.1, -0.05) is 35.5 Å². The van der Waals surface area contributed by atoms with Gasteiger partial charge in [0.25, 0.3) is 0 Å². The van der Waals surface area contributed by atoms with E-state index in [1.807, 2.05) is 54.8 Å². The van der Waals surface area contributed by atoms with E-state index < -0.39 is 0 Å². The Morgan fingerprint density at radius 3 is 2.60 bits per heavy atom. The summed E-state index contributed by atoms with van der Waals surface area (Å²) >= 11 is 1.32. The van der Waals surface area contributed by atoms with Crippen molar-refractivity contribution >= 4 is 35.0 Å². The zero-order valence-electron chi connectivity index (χ0n) is 16.9. The topological polar surface area (TPSA) is 88.9 Å². The first-order chi connectivity index (χ1) is 14.5. The number of thioether (sulfide) groups is 1. The molecule has 1 heterocycles. The molecule has 1 aliphatic rings. The van der Waals surface area contributed by atoms with E-state index in [1.165, 1.54) is 17.3 Å². The largest absolute Gasteiger partial charge is 0.326 e. The van der Waals surface area contributed by atoms with Crippen molar-refractivity contribution < 1.29 is 9.59 Å². The van der Waals surface area contributed by atoms with Gasteiger partial charge in [-0.05, 0) is 56.5 Å². The van der Waals surface area contributed by atoms with Crippen LogP contribution in [0.3, 0.4) is 0 Å². The first-order valence-corrected chi connectivity index (χ1v) is 10.8. The van der Waals surface area contributed by atoms with Crippen molar-refractivity contribution in [2.45, 2.75) is 31.8 Å². The van der Waals surface area contributed by atoms with Crippen LogP contribution in [-0.2, 0) is 9.59 Å². The number of carbonyl (C=O) groups excluding carboxylic acids is 2. The van der Waals surface area contributed by atoms with Crippen LogP contribution in [0.5, 0.6) is 0 Å². The third-order valence-corrected chi connectivity index (χ3v) is 5.83. The summed E-state index contributed by atoms with van der Waals surface area (Å²) in [5.74, 6) is 0.226. The Kier molecular flexibility index (Phi) is 5.85. The van der Waals surface area contributed by atoms with Gasteiger partial charge in [0.1, 0.15) is 6.33 Å². The molecule has 1 aromatic heterocycles. The maximum absolute atomic E-state index is 12.5. The molecule has 30 heavy (non-hydrogen) atoms. The molecule has 154 valence electrons. The number of nitrogens with one attached hydrogen (secondary N) is 2. The van der Waals surface area contributed by atoms with Crippen molar-refractivity contribution in [2.75, 3.05) is 16.4 Å². The van der Waals surface area contributed by atoms with Crippen LogP contribution in [0.2, 0.25) is 0 Å². The Morgan fingerprint density at radius 2 is 1.87 bits per heavy atom. The number of rotatable bonds is 7. The predicted molar refractivity (Wildman–Crippen MR) is 118 cm³/mol. The molecule has 8 heteroatoms. The van der Waals surface area contributed by atoms with E-state index in [9.17, 15) is 9.59 Å². The molecule has 2 N–H and O–H groups in total. The van der Waals surface area contributed by atoms with Gasteiger partial charge in [0.15, 0.2) is 5.16 Å². The molecule has 4 rings (SSSR count). The molecule has 0 aliphatic heterocycles. The number of benzene rings is 2. The average Bonchev–Trinajstić information content (AvgIpc) is 3.48. The van der Waals surface area contributed by atoms with E-state index in [0.717, 1.165) is 24.1 Å². The summed E-state index contributed by atoms with van der Waals surface area (Å²) in [7, 11) is 0. The third-order valence-electron chi connectivity index (χ3n) is 4.89. The van der Waals surface area contributed by atoms with Crippen molar-refractivity contribution in [1.29, 1.82) is 0 Å². The van der Waals surface area contributed by atoms with Crippen LogP contribution >= 0.6 is 11.8 Å². The molecule has 2 aromatic carbocycles. The zero-order valence-corrected chi connectivity index (χ0v) is 17.7. The molecular weight excluding hydrogens is 398 g/mol. The maximum Gasteiger partial charge on any atom is 0.234 e. The number of nitrogens with zero attached hydrogens (tertiary/aromatic N) is 3. The van der Waals surface area contributed by atoms with Crippen LogP contribution in [0.25, 0.3) is 5.69 Å². The van der Waals surface area contributed by atoms with Crippen molar-refractivity contribution in [3.63, 3.8) is 0 Å². The number of hydrogen-bond donors (Lipinski definition) is 2. The van der Waals surface area contributed by atoms with Gasteiger partial charge in [0, 0.05) is 23.0 Å². The molecule has 1 saturated carbocycles. The summed E-state index contributed by atoms with van der Waals surface area (Å²) < 4.78 is 1.86. The van der Waals surface area contributed by atoms with Crippen molar-refractivity contribution in [2.24, 2.45) is 5.92 Å². The van der Waals surface area contributed by atoms with Crippen LogP contribution in [0.4, 0.5) is 11.4 Å². The maximum atomic E-state index is 12.5. The van der Waals surface area contributed by atoms with Gasteiger partial charge >= 0.3 is 0 Å². The molecule has 0 radical (unpaired) electrons. The fraction of sp³-hybridized carbons (Fsp3) is 0.273. The van der Waals surface area contributed by atoms with Crippen LogP contribution in [-0.4, -0.2) is 32.3 Å². The molecule has 0 atom stereocenters. The highest BCUT2D eigenvalue weighted by Gasteiger charge is 2.29. The standard InChI is InChI=1S/C22H23N5O2S/c1-14-3-9-18(10-4-14)27-13-23-26-22(27)30-12-20(28)25-19-11-17(8-5-15(19)2)24-21(29)16-6-7-16/h3-5,8-11,13,16H,6-7,12H2,1-2H3,(H,24,29)(H,25,28). The Bertz CT molecular complexity index is 1070. The van der Waals surface area contributed by atoms with E-state index in [4.69, 9.17) is 0 Å². The molecule has 1 fully saturated rings. The van der Waals surface area contributed by atoms with Crippen LogP contribution < -0.4 is 10.6 Å². The van der Waals surface area contributed by atoms with Crippen molar-refractivity contribution in [3.05, 3.63) is 59.9 Å². The second kappa shape index (κ2) is 8.71. The SMILES string of the molecule is Cc1ccc(-n2cnnc2SCC(=O)Nc2cc(NC(=O)C3CC3)ccc2C)cc1. The number of carbonyl (C=O) groups is 2. The summed E-state index contributed by atoms with van der Waals surface area (Å²) in [6.45, 7) is 3.95.